The number of rotatable bonds is 2. The lowest BCUT2D eigenvalue weighted by atomic mass is 9.81. The van der Waals surface area contributed by atoms with Gasteiger partial charge in [0, 0.05) is 13.1 Å². The molecule has 0 spiro atoms. The van der Waals surface area contributed by atoms with Gasteiger partial charge < -0.3 is 15.5 Å². The second-order valence-corrected chi connectivity index (χ2v) is 6.98. The van der Waals surface area contributed by atoms with Crippen molar-refractivity contribution in [1.82, 2.24) is 15.5 Å². The highest BCUT2D eigenvalue weighted by atomic mass is 16.2. The van der Waals surface area contributed by atoms with Crippen LogP contribution < -0.4 is 10.6 Å². The summed E-state index contributed by atoms with van der Waals surface area (Å²) in [6, 6.07) is 22.5. The Labute approximate surface area is 156 Å². The van der Waals surface area contributed by atoms with Gasteiger partial charge in [0.05, 0.1) is 5.54 Å². The van der Waals surface area contributed by atoms with Crippen LogP contribution in [0, 0.1) is 0 Å². The van der Waals surface area contributed by atoms with E-state index in [1.807, 2.05) is 47.4 Å². The topological polar surface area (TPSA) is 44.4 Å². The first-order chi connectivity index (χ1) is 12.8. The normalized spacial score (nSPS) is 18.5. The number of urea groups is 1. The van der Waals surface area contributed by atoms with Gasteiger partial charge in [0.15, 0.2) is 0 Å². The predicted molar refractivity (Wildman–Crippen MR) is 106 cm³/mol. The van der Waals surface area contributed by atoms with E-state index in [1.54, 1.807) is 0 Å². The van der Waals surface area contributed by atoms with Crippen LogP contribution in [0.4, 0.5) is 4.79 Å². The second kappa shape index (κ2) is 9.39. The van der Waals surface area contributed by atoms with E-state index in [9.17, 15) is 4.79 Å². The van der Waals surface area contributed by atoms with E-state index in [1.165, 1.54) is 5.56 Å². The monoisotopic (exact) mass is 351 g/mol. The molecule has 26 heavy (non-hydrogen) atoms. The van der Waals surface area contributed by atoms with Crippen molar-refractivity contribution in [2.75, 3.05) is 26.2 Å². The molecule has 0 bridgehead atoms. The minimum absolute atomic E-state index is 0.105. The molecule has 2 heterocycles. The molecule has 0 aromatic heterocycles. The Kier molecular flexibility index (Phi) is 6.67. The summed E-state index contributed by atoms with van der Waals surface area (Å²) in [6.07, 6.45) is 4.17. The Morgan fingerprint density at radius 2 is 1.35 bits per heavy atom. The van der Waals surface area contributed by atoms with Crippen molar-refractivity contribution in [2.24, 2.45) is 0 Å². The predicted octanol–water partition coefficient (Wildman–Crippen LogP) is 3.76. The SMILES string of the molecule is O=C(NC1(c2ccccc2)CCNCC1)N1CCCC1.c1ccccc1. The molecular formula is C22H29N3O. The molecule has 2 aliphatic rings. The Balaban J connectivity index is 0.000000278. The molecule has 2 aliphatic heterocycles. The summed E-state index contributed by atoms with van der Waals surface area (Å²) >= 11 is 0. The largest absolute Gasteiger partial charge is 0.328 e. The maximum atomic E-state index is 12.5. The van der Waals surface area contributed by atoms with Crippen LogP contribution in [0.5, 0.6) is 0 Å². The number of carbonyl (C=O) groups is 1. The lowest BCUT2D eigenvalue weighted by Crippen LogP contribution is -2.55. The fraction of sp³-hybridized carbons (Fsp3) is 0.409. The molecule has 2 saturated heterocycles. The van der Waals surface area contributed by atoms with Crippen LogP contribution in [-0.4, -0.2) is 37.1 Å². The Bertz CT molecular complexity index is 621. The van der Waals surface area contributed by atoms with Crippen molar-refractivity contribution < 1.29 is 4.79 Å². The molecule has 4 nitrogen and oxygen atoms in total. The first-order valence-corrected chi connectivity index (χ1v) is 9.64. The van der Waals surface area contributed by atoms with Crippen molar-refractivity contribution >= 4 is 6.03 Å². The van der Waals surface area contributed by atoms with Gasteiger partial charge in [-0.25, -0.2) is 4.79 Å². The fourth-order valence-electron chi connectivity index (χ4n) is 3.69. The summed E-state index contributed by atoms with van der Waals surface area (Å²) in [4.78, 5) is 14.4. The lowest BCUT2D eigenvalue weighted by molar-refractivity contribution is 0.179. The van der Waals surface area contributed by atoms with Crippen LogP contribution in [0.3, 0.4) is 0 Å². The molecule has 4 heteroatoms. The fourth-order valence-corrected chi connectivity index (χ4v) is 3.69. The number of likely N-dealkylation sites (tertiary alicyclic amines) is 1. The van der Waals surface area contributed by atoms with Crippen LogP contribution in [0.25, 0.3) is 0 Å². The van der Waals surface area contributed by atoms with Gasteiger partial charge in [-0.2, -0.15) is 0 Å². The van der Waals surface area contributed by atoms with E-state index in [2.05, 4.69) is 34.9 Å². The van der Waals surface area contributed by atoms with Crippen molar-refractivity contribution in [1.29, 1.82) is 0 Å². The summed E-state index contributed by atoms with van der Waals surface area (Å²) in [6.45, 7) is 3.70. The zero-order valence-corrected chi connectivity index (χ0v) is 15.4. The van der Waals surface area contributed by atoms with Gasteiger partial charge in [-0.05, 0) is 44.3 Å². The highest BCUT2D eigenvalue weighted by molar-refractivity contribution is 5.75. The van der Waals surface area contributed by atoms with E-state index >= 15 is 0 Å². The number of carbonyl (C=O) groups excluding carboxylic acids is 1. The third kappa shape index (κ3) is 4.85. The van der Waals surface area contributed by atoms with Crippen LogP contribution in [-0.2, 0) is 5.54 Å². The van der Waals surface area contributed by atoms with E-state index < -0.39 is 0 Å². The summed E-state index contributed by atoms with van der Waals surface area (Å²) < 4.78 is 0. The third-order valence-corrected chi connectivity index (χ3v) is 5.19. The number of piperidine rings is 1. The van der Waals surface area contributed by atoms with Crippen LogP contribution in [0.15, 0.2) is 66.7 Å². The first kappa shape index (κ1) is 18.5. The van der Waals surface area contributed by atoms with Gasteiger partial charge >= 0.3 is 6.03 Å². The molecule has 0 unspecified atom stereocenters. The Morgan fingerprint density at radius 1 is 0.846 bits per heavy atom. The first-order valence-electron chi connectivity index (χ1n) is 9.64. The molecule has 2 aromatic rings. The van der Waals surface area contributed by atoms with E-state index in [4.69, 9.17) is 0 Å². The minimum atomic E-state index is -0.202. The van der Waals surface area contributed by atoms with E-state index in [0.29, 0.717) is 0 Å². The number of nitrogens with zero attached hydrogens (tertiary/aromatic N) is 1. The van der Waals surface area contributed by atoms with Crippen LogP contribution in [0.2, 0.25) is 0 Å². The van der Waals surface area contributed by atoms with Crippen LogP contribution >= 0.6 is 0 Å². The van der Waals surface area contributed by atoms with E-state index in [-0.39, 0.29) is 11.6 Å². The van der Waals surface area contributed by atoms with Gasteiger partial charge in [-0.15, -0.1) is 0 Å². The summed E-state index contributed by atoms with van der Waals surface area (Å²) in [5.41, 5.74) is 1.03. The molecule has 138 valence electrons. The van der Waals surface area contributed by atoms with Gasteiger partial charge in [0.1, 0.15) is 0 Å². The molecule has 0 aliphatic carbocycles. The summed E-state index contributed by atoms with van der Waals surface area (Å²) in [7, 11) is 0. The molecule has 0 radical (unpaired) electrons. The van der Waals surface area contributed by atoms with Crippen LogP contribution in [0.1, 0.15) is 31.2 Å². The van der Waals surface area contributed by atoms with E-state index in [0.717, 1.165) is 51.9 Å². The summed E-state index contributed by atoms with van der Waals surface area (Å²) in [5.74, 6) is 0. The van der Waals surface area contributed by atoms with Crippen molar-refractivity contribution in [3.63, 3.8) is 0 Å². The number of amides is 2. The molecule has 2 fully saturated rings. The minimum Gasteiger partial charge on any atom is -0.328 e. The zero-order valence-electron chi connectivity index (χ0n) is 15.4. The molecule has 0 atom stereocenters. The highest BCUT2D eigenvalue weighted by Gasteiger charge is 2.36. The quantitative estimate of drug-likeness (QED) is 0.865. The zero-order chi connectivity index (χ0) is 18.1. The van der Waals surface area contributed by atoms with Gasteiger partial charge in [-0.3, -0.25) is 0 Å². The van der Waals surface area contributed by atoms with Gasteiger partial charge in [0.25, 0.3) is 0 Å². The maximum absolute atomic E-state index is 12.5. The average Bonchev–Trinajstić information content (AvgIpc) is 3.26. The lowest BCUT2D eigenvalue weighted by Gasteiger charge is -2.40. The number of benzene rings is 2. The van der Waals surface area contributed by atoms with Crippen molar-refractivity contribution in [3.8, 4) is 0 Å². The molecule has 2 amide bonds. The maximum Gasteiger partial charge on any atom is 0.318 e. The summed E-state index contributed by atoms with van der Waals surface area (Å²) in [5, 5.41) is 6.72. The number of hydrogen-bond donors (Lipinski definition) is 2. The second-order valence-electron chi connectivity index (χ2n) is 6.98. The Hall–Kier alpha value is -2.33. The third-order valence-electron chi connectivity index (χ3n) is 5.19. The molecule has 2 N–H and O–H groups in total. The molecule has 4 rings (SSSR count). The standard InChI is InChI=1S/C16H23N3O.C6H6/c20-15(19-12-4-5-13-19)18-16(8-10-17-11-9-16)14-6-2-1-3-7-14;1-2-4-6-5-3-1/h1-3,6-7,17H,4-5,8-13H2,(H,18,20);1-6H. The molecule has 2 aromatic carbocycles. The van der Waals surface area contributed by atoms with Gasteiger partial charge in [0.2, 0.25) is 0 Å². The van der Waals surface area contributed by atoms with Crippen molar-refractivity contribution in [2.45, 2.75) is 31.2 Å². The molecule has 0 saturated carbocycles. The van der Waals surface area contributed by atoms with Crippen molar-refractivity contribution in [3.05, 3.63) is 72.3 Å². The Morgan fingerprint density at radius 3 is 1.88 bits per heavy atom. The highest BCUT2D eigenvalue weighted by Crippen LogP contribution is 2.31. The van der Waals surface area contributed by atoms with Gasteiger partial charge in [-0.1, -0.05) is 66.7 Å². The average molecular weight is 351 g/mol. The number of hydrogen-bond acceptors (Lipinski definition) is 2. The number of nitrogens with one attached hydrogen (secondary N) is 2. The molecular weight excluding hydrogens is 322 g/mol. The smallest absolute Gasteiger partial charge is 0.318 e.